The molecule has 3 aromatic rings. The Bertz CT molecular complexity index is 1500. The lowest BCUT2D eigenvalue weighted by molar-refractivity contribution is -0.146. The van der Waals surface area contributed by atoms with Gasteiger partial charge in [-0.15, -0.1) is 0 Å². The van der Waals surface area contributed by atoms with Crippen molar-refractivity contribution in [3.63, 3.8) is 0 Å². The highest BCUT2D eigenvalue weighted by molar-refractivity contribution is 6.06. The van der Waals surface area contributed by atoms with Crippen LogP contribution in [0.3, 0.4) is 0 Å². The van der Waals surface area contributed by atoms with Crippen molar-refractivity contribution >= 4 is 34.6 Å². The molecule has 0 bridgehead atoms. The molecule has 3 aliphatic heterocycles. The zero-order valence-electron chi connectivity index (χ0n) is 23.3. The molecule has 2 fully saturated rings. The van der Waals surface area contributed by atoms with Gasteiger partial charge in [0.05, 0.1) is 7.11 Å². The van der Waals surface area contributed by atoms with E-state index in [1.807, 2.05) is 37.3 Å². The van der Waals surface area contributed by atoms with Crippen LogP contribution in [0, 0.1) is 11.8 Å². The van der Waals surface area contributed by atoms with Crippen LogP contribution in [-0.2, 0) is 21.5 Å². The Hall–Kier alpha value is -3.92. The molecule has 4 atom stereocenters. The number of nitrogens with zero attached hydrogens (tertiary/aromatic N) is 3. The number of aromatic nitrogens is 1. The number of furan rings is 1. The van der Waals surface area contributed by atoms with E-state index in [2.05, 4.69) is 22.5 Å². The third-order valence-electron chi connectivity index (χ3n) is 9.09. The lowest BCUT2D eigenvalue weighted by Crippen LogP contribution is -2.63. The maximum absolute atomic E-state index is 13.8. The van der Waals surface area contributed by atoms with Gasteiger partial charge in [0.2, 0.25) is 11.8 Å². The highest BCUT2D eigenvalue weighted by atomic mass is 16.5. The monoisotopic (exact) mass is 545 g/mol. The maximum Gasteiger partial charge on any atom is 0.254 e. The zero-order valence-corrected chi connectivity index (χ0v) is 23.3. The number of methoxy groups -OCH3 is 1. The maximum atomic E-state index is 13.8. The lowest BCUT2D eigenvalue weighted by Gasteiger charge is -2.44. The van der Waals surface area contributed by atoms with Crippen LogP contribution in [0.25, 0.3) is 11.1 Å². The number of piperazine rings is 1. The number of carbonyl (C=O) groups excluding carboxylic acids is 3. The topological polar surface area (TPSA) is 117 Å². The Morgan fingerprint density at radius 1 is 1.15 bits per heavy atom. The first kappa shape index (κ1) is 26.3. The first-order valence-corrected chi connectivity index (χ1v) is 14.0. The van der Waals surface area contributed by atoms with Gasteiger partial charge in [0.25, 0.3) is 5.91 Å². The summed E-state index contributed by atoms with van der Waals surface area (Å²) < 4.78 is 11.7. The number of amides is 3. The first-order valence-electron chi connectivity index (χ1n) is 14.0. The number of piperidine rings is 1. The molecule has 0 radical (unpaired) electrons. The van der Waals surface area contributed by atoms with Crippen LogP contribution in [0.1, 0.15) is 48.9 Å². The number of pyridine rings is 1. The Morgan fingerprint density at radius 3 is 2.75 bits per heavy atom. The lowest BCUT2D eigenvalue weighted by atomic mass is 9.65. The minimum absolute atomic E-state index is 0.0656. The van der Waals surface area contributed by atoms with Gasteiger partial charge in [0.15, 0.2) is 5.58 Å². The van der Waals surface area contributed by atoms with E-state index in [1.165, 1.54) is 0 Å². The number of anilines is 1. The number of benzene rings is 1. The second-order valence-electron chi connectivity index (χ2n) is 11.2. The molecule has 10 heteroatoms. The van der Waals surface area contributed by atoms with E-state index >= 15 is 0 Å². The van der Waals surface area contributed by atoms with Gasteiger partial charge in [-0.2, -0.15) is 0 Å². The Labute approximate surface area is 233 Å². The Morgan fingerprint density at radius 2 is 1.98 bits per heavy atom. The molecule has 1 aromatic carbocycles. The van der Waals surface area contributed by atoms with E-state index in [0.29, 0.717) is 40.8 Å². The van der Waals surface area contributed by atoms with Crippen molar-refractivity contribution in [2.75, 3.05) is 38.2 Å². The number of carbonyl (C=O) groups is 3. The van der Waals surface area contributed by atoms with Crippen LogP contribution >= 0.6 is 0 Å². The SMILES string of the molecule is CCC1CN(c2ccc3oc(C4(CN5Cc6ccc(OC)cc6C5=O)C(=O)NC(=O)C(C)C4C)cc3n2)CCN1. The number of imide groups is 1. The third kappa shape index (κ3) is 4.13. The molecule has 210 valence electrons. The van der Waals surface area contributed by atoms with E-state index in [0.717, 1.165) is 37.4 Å². The van der Waals surface area contributed by atoms with Gasteiger partial charge < -0.3 is 24.3 Å². The molecule has 2 aromatic heterocycles. The Kier molecular flexibility index (Phi) is 6.53. The zero-order chi connectivity index (χ0) is 28.2. The summed E-state index contributed by atoms with van der Waals surface area (Å²) in [5.41, 5.74) is 1.35. The number of fused-ring (bicyclic) bond motifs is 2. The second-order valence-corrected chi connectivity index (χ2v) is 11.2. The summed E-state index contributed by atoms with van der Waals surface area (Å²) in [6.45, 7) is 8.89. The summed E-state index contributed by atoms with van der Waals surface area (Å²) in [6.07, 6.45) is 1.03. The van der Waals surface area contributed by atoms with Crippen molar-refractivity contribution in [1.29, 1.82) is 0 Å². The van der Waals surface area contributed by atoms with Gasteiger partial charge in [-0.3, -0.25) is 19.7 Å². The van der Waals surface area contributed by atoms with Gasteiger partial charge in [-0.25, -0.2) is 4.98 Å². The first-order chi connectivity index (χ1) is 19.2. The predicted octanol–water partition coefficient (Wildman–Crippen LogP) is 2.85. The van der Waals surface area contributed by atoms with Crippen LogP contribution in [0.4, 0.5) is 5.82 Å². The molecule has 4 unspecified atom stereocenters. The molecule has 3 amide bonds. The normalized spacial score (nSPS) is 26.8. The van der Waals surface area contributed by atoms with E-state index < -0.39 is 23.2 Å². The highest BCUT2D eigenvalue weighted by Gasteiger charge is 2.56. The van der Waals surface area contributed by atoms with Crippen LogP contribution in [-0.4, -0.2) is 66.9 Å². The number of hydrogen-bond acceptors (Lipinski definition) is 8. The molecular formula is C30H35N5O5. The van der Waals surface area contributed by atoms with Crippen LogP contribution in [0.2, 0.25) is 0 Å². The van der Waals surface area contributed by atoms with Crippen molar-refractivity contribution in [3.05, 3.63) is 53.3 Å². The summed E-state index contributed by atoms with van der Waals surface area (Å²) in [7, 11) is 1.56. The molecule has 3 aliphatic rings. The number of hydrogen-bond donors (Lipinski definition) is 2. The van der Waals surface area contributed by atoms with Crippen LogP contribution < -0.4 is 20.3 Å². The van der Waals surface area contributed by atoms with Crippen molar-refractivity contribution < 1.29 is 23.5 Å². The van der Waals surface area contributed by atoms with Crippen molar-refractivity contribution in [2.45, 2.75) is 45.2 Å². The molecule has 0 aliphatic carbocycles. The van der Waals surface area contributed by atoms with Gasteiger partial charge >= 0.3 is 0 Å². The largest absolute Gasteiger partial charge is 0.497 e. The molecule has 0 spiro atoms. The summed E-state index contributed by atoms with van der Waals surface area (Å²) in [5.74, 6) is -0.00713. The highest BCUT2D eigenvalue weighted by Crippen LogP contribution is 2.44. The van der Waals surface area contributed by atoms with E-state index in [-0.39, 0.29) is 18.4 Å². The standard InChI is InChI=1S/C30H35N5O5/c1-5-20-15-34(11-10-31-20)26-9-8-24-23(32-26)13-25(40-24)30(18(3)17(2)27(36)33-29(30)38)16-35-14-19-6-7-21(39-4)12-22(19)28(35)37/h6-9,12-13,17-18,20,31H,5,10-11,14-16H2,1-4H3,(H,33,36,38). The molecule has 40 heavy (non-hydrogen) atoms. The molecule has 5 heterocycles. The van der Waals surface area contributed by atoms with Gasteiger partial charge in [-0.1, -0.05) is 26.8 Å². The molecule has 6 rings (SSSR count). The second kappa shape index (κ2) is 9.92. The fraction of sp³-hybridized carbons (Fsp3) is 0.467. The number of nitrogens with one attached hydrogen (secondary N) is 2. The summed E-state index contributed by atoms with van der Waals surface area (Å²) in [5, 5.41) is 6.09. The molecule has 2 N–H and O–H groups in total. The van der Waals surface area contributed by atoms with Crippen LogP contribution in [0.5, 0.6) is 5.75 Å². The summed E-state index contributed by atoms with van der Waals surface area (Å²) in [4.78, 5) is 48.8. The molecule has 0 saturated carbocycles. The fourth-order valence-corrected chi connectivity index (χ4v) is 6.34. The van der Waals surface area contributed by atoms with E-state index in [1.54, 1.807) is 25.0 Å². The van der Waals surface area contributed by atoms with Gasteiger partial charge in [0, 0.05) is 56.3 Å². The summed E-state index contributed by atoms with van der Waals surface area (Å²) >= 11 is 0. The average molecular weight is 546 g/mol. The molecule has 10 nitrogen and oxygen atoms in total. The smallest absolute Gasteiger partial charge is 0.254 e. The molecule has 2 saturated heterocycles. The Balaban J connectivity index is 1.39. The predicted molar refractivity (Wildman–Crippen MR) is 149 cm³/mol. The van der Waals surface area contributed by atoms with Crippen LogP contribution in [0.15, 0.2) is 40.8 Å². The van der Waals surface area contributed by atoms with Crippen molar-refractivity contribution in [1.82, 2.24) is 20.5 Å². The minimum atomic E-state index is -1.28. The third-order valence-corrected chi connectivity index (χ3v) is 9.09. The summed E-state index contributed by atoms with van der Waals surface area (Å²) in [6, 6.07) is 11.5. The van der Waals surface area contributed by atoms with Crippen molar-refractivity contribution in [3.8, 4) is 5.75 Å². The van der Waals surface area contributed by atoms with Gasteiger partial charge in [-0.05, 0) is 42.2 Å². The van der Waals surface area contributed by atoms with E-state index in [9.17, 15) is 14.4 Å². The number of rotatable bonds is 6. The van der Waals surface area contributed by atoms with E-state index in [4.69, 9.17) is 14.1 Å². The van der Waals surface area contributed by atoms with Gasteiger partial charge in [0.1, 0.15) is 28.3 Å². The fourth-order valence-electron chi connectivity index (χ4n) is 6.34. The average Bonchev–Trinajstić information content (AvgIpc) is 3.54. The quantitative estimate of drug-likeness (QED) is 0.454. The number of ether oxygens (including phenoxy) is 1. The minimum Gasteiger partial charge on any atom is -0.497 e. The molecular weight excluding hydrogens is 510 g/mol. The van der Waals surface area contributed by atoms with Crippen molar-refractivity contribution in [2.24, 2.45) is 11.8 Å².